The minimum atomic E-state index is -0.504. The van der Waals surface area contributed by atoms with Crippen LogP contribution in [-0.2, 0) is 4.79 Å². The minimum Gasteiger partial charge on any atom is -0.427 e. The molecule has 0 fully saturated rings. The van der Waals surface area contributed by atoms with Crippen LogP contribution in [0.3, 0.4) is 0 Å². The van der Waals surface area contributed by atoms with Crippen molar-refractivity contribution in [2.45, 2.75) is 6.92 Å². The second-order valence-electron chi connectivity index (χ2n) is 6.13. The monoisotopic (exact) mass is 486 g/mol. The second kappa shape index (κ2) is 7.76. The molecule has 2 aromatic heterocycles. The quantitative estimate of drug-likeness (QED) is 0.188. The van der Waals surface area contributed by atoms with Crippen molar-refractivity contribution in [3.63, 3.8) is 0 Å². The van der Waals surface area contributed by atoms with Gasteiger partial charge in [0.1, 0.15) is 5.75 Å². The molecular formula is C19H11BrN4O5S. The Bertz CT molecular complexity index is 1430. The van der Waals surface area contributed by atoms with Gasteiger partial charge in [0.2, 0.25) is 4.96 Å². The molecule has 2 aromatic carbocycles. The summed E-state index contributed by atoms with van der Waals surface area (Å²) in [4.78, 5) is 39.1. The van der Waals surface area contributed by atoms with Crippen LogP contribution in [0.4, 0.5) is 5.69 Å². The Morgan fingerprint density at radius 2 is 2.10 bits per heavy atom. The number of ether oxygens (including phenoxy) is 1. The fraction of sp³-hybridized carbons (Fsp3) is 0.0526. The first kappa shape index (κ1) is 19.9. The zero-order valence-corrected chi connectivity index (χ0v) is 17.6. The molecule has 0 amide bonds. The van der Waals surface area contributed by atoms with Gasteiger partial charge in [0, 0.05) is 29.1 Å². The van der Waals surface area contributed by atoms with E-state index in [1.165, 1.54) is 25.1 Å². The number of carbonyl (C=O) groups is 1. The van der Waals surface area contributed by atoms with Gasteiger partial charge in [-0.05, 0) is 29.8 Å². The predicted octanol–water partition coefficient (Wildman–Crippen LogP) is 2.96. The van der Waals surface area contributed by atoms with Gasteiger partial charge >= 0.3 is 5.97 Å². The fourth-order valence-electron chi connectivity index (χ4n) is 2.72. The summed E-state index contributed by atoms with van der Waals surface area (Å²) in [7, 11) is 0. The van der Waals surface area contributed by atoms with E-state index < -0.39 is 10.9 Å². The summed E-state index contributed by atoms with van der Waals surface area (Å²) >= 11 is 4.54. The van der Waals surface area contributed by atoms with Crippen molar-refractivity contribution in [1.82, 2.24) is 14.6 Å². The molecule has 11 heteroatoms. The van der Waals surface area contributed by atoms with Crippen molar-refractivity contribution >= 4 is 50.0 Å². The van der Waals surface area contributed by atoms with E-state index in [9.17, 15) is 19.7 Å². The van der Waals surface area contributed by atoms with Crippen molar-refractivity contribution in [2.75, 3.05) is 0 Å². The number of hydrogen-bond donors (Lipinski definition) is 0. The smallest absolute Gasteiger partial charge is 0.308 e. The summed E-state index contributed by atoms with van der Waals surface area (Å²) < 4.78 is 7.34. The lowest BCUT2D eigenvalue weighted by molar-refractivity contribution is -0.384. The van der Waals surface area contributed by atoms with E-state index in [1.54, 1.807) is 30.3 Å². The molecule has 0 aliphatic rings. The Labute approximate surface area is 180 Å². The molecule has 0 bridgehead atoms. The first-order chi connectivity index (χ1) is 14.3. The standard InChI is InChI=1S/C19H11BrN4O5S/c1-10(25)29-14-5-6-15(20)12(8-14)9-16-18(26)23-19(30-16)21-17(22-23)11-3-2-4-13(7-11)24(27)28/h2-9H,1H3/b16-9+. The molecule has 30 heavy (non-hydrogen) atoms. The highest BCUT2D eigenvalue weighted by Crippen LogP contribution is 2.24. The highest BCUT2D eigenvalue weighted by Gasteiger charge is 2.15. The zero-order valence-electron chi connectivity index (χ0n) is 15.2. The average molecular weight is 487 g/mol. The Hall–Kier alpha value is -3.44. The Morgan fingerprint density at radius 1 is 1.30 bits per heavy atom. The maximum Gasteiger partial charge on any atom is 0.308 e. The van der Waals surface area contributed by atoms with Gasteiger partial charge in [-0.25, -0.2) is 0 Å². The van der Waals surface area contributed by atoms with Crippen LogP contribution in [0.1, 0.15) is 12.5 Å². The predicted molar refractivity (Wildman–Crippen MR) is 113 cm³/mol. The molecule has 0 atom stereocenters. The van der Waals surface area contributed by atoms with Gasteiger partial charge in [-0.15, -0.1) is 5.10 Å². The summed E-state index contributed by atoms with van der Waals surface area (Å²) in [6, 6.07) is 10.9. The molecular weight excluding hydrogens is 476 g/mol. The van der Waals surface area contributed by atoms with Gasteiger partial charge in [0.25, 0.3) is 11.2 Å². The number of hydrogen-bond acceptors (Lipinski definition) is 8. The summed E-state index contributed by atoms with van der Waals surface area (Å²) in [6.45, 7) is 1.31. The van der Waals surface area contributed by atoms with Gasteiger partial charge in [-0.1, -0.05) is 39.4 Å². The number of esters is 1. The topological polar surface area (TPSA) is 117 Å². The molecule has 0 spiro atoms. The summed E-state index contributed by atoms with van der Waals surface area (Å²) in [5.74, 6) is 0.142. The van der Waals surface area contributed by atoms with Gasteiger partial charge in [0.05, 0.1) is 9.46 Å². The highest BCUT2D eigenvalue weighted by molar-refractivity contribution is 9.10. The van der Waals surface area contributed by atoms with E-state index in [-0.39, 0.29) is 17.1 Å². The average Bonchev–Trinajstić information content (AvgIpc) is 3.24. The van der Waals surface area contributed by atoms with Crippen LogP contribution in [-0.4, -0.2) is 25.5 Å². The molecule has 0 saturated heterocycles. The molecule has 4 aromatic rings. The summed E-state index contributed by atoms with van der Waals surface area (Å²) in [5.41, 5.74) is 0.639. The molecule has 9 nitrogen and oxygen atoms in total. The third-order valence-electron chi connectivity index (χ3n) is 4.01. The van der Waals surface area contributed by atoms with Crippen LogP contribution in [0.25, 0.3) is 22.4 Å². The van der Waals surface area contributed by atoms with Gasteiger partial charge in [-0.3, -0.25) is 19.7 Å². The number of aromatic nitrogens is 3. The van der Waals surface area contributed by atoms with Crippen LogP contribution in [0.2, 0.25) is 0 Å². The molecule has 0 aliphatic carbocycles. The summed E-state index contributed by atoms with van der Waals surface area (Å²) in [6.07, 6.45) is 1.65. The number of nitro benzene ring substituents is 1. The number of carbonyl (C=O) groups excluding carboxylic acids is 1. The number of rotatable bonds is 4. The number of nitro groups is 1. The lowest BCUT2D eigenvalue weighted by atomic mass is 10.2. The molecule has 0 saturated carbocycles. The maximum absolute atomic E-state index is 12.8. The van der Waals surface area contributed by atoms with Crippen molar-refractivity contribution in [1.29, 1.82) is 0 Å². The van der Waals surface area contributed by atoms with Crippen molar-refractivity contribution < 1.29 is 14.5 Å². The molecule has 0 N–H and O–H groups in total. The Morgan fingerprint density at radius 3 is 2.80 bits per heavy atom. The molecule has 0 aliphatic heterocycles. The molecule has 150 valence electrons. The Balaban J connectivity index is 1.77. The first-order valence-corrected chi connectivity index (χ1v) is 10.1. The zero-order chi connectivity index (χ0) is 21.4. The number of benzene rings is 2. The third-order valence-corrected chi connectivity index (χ3v) is 5.69. The van der Waals surface area contributed by atoms with Crippen molar-refractivity contribution in [3.05, 3.63) is 77.5 Å². The van der Waals surface area contributed by atoms with E-state index >= 15 is 0 Å². The van der Waals surface area contributed by atoms with Crippen LogP contribution in [0.5, 0.6) is 5.75 Å². The van der Waals surface area contributed by atoms with Crippen LogP contribution in [0, 0.1) is 10.1 Å². The van der Waals surface area contributed by atoms with E-state index in [0.717, 1.165) is 15.9 Å². The fourth-order valence-corrected chi connectivity index (χ4v) is 3.98. The van der Waals surface area contributed by atoms with Crippen LogP contribution in [0.15, 0.2) is 51.7 Å². The largest absolute Gasteiger partial charge is 0.427 e. The molecule has 2 heterocycles. The SMILES string of the molecule is CC(=O)Oc1ccc(Br)c(/C=c2/sc3nc(-c4cccc([N+](=O)[O-])c4)nn3c2=O)c1. The number of nitrogens with zero attached hydrogens (tertiary/aromatic N) is 4. The maximum atomic E-state index is 12.8. The molecule has 0 radical (unpaired) electrons. The third kappa shape index (κ3) is 3.84. The lowest BCUT2D eigenvalue weighted by Gasteiger charge is -2.03. The van der Waals surface area contributed by atoms with Gasteiger partial charge in [-0.2, -0.15) is 9.50 Å². The van der Waals surface area contributed by atoms with Gasteiger partial charge < -0.3 is 4.74 Å². The molecule has 4 rings (SSSR count). The number of fused-ring (bicyclic) bond motifs is 1. The number of non-ortho nitro benzene ring substituents is 1. The highest BCUT2D eigenvalue weighted by atomic mass is 79.9. The first-order valence-electron chi connectivity index (χ1n) is 8.46. The number of halogens is 1. The van der Waals surface area contributed by atoms with Crippen molar-refractivity contribution in [3.8, 4) is 17.1 Å². The second-order valence-corrected chi connectivity index (χ2v) is 7.99. The molecule has 0 unspecified atom stereocenters. The van der Waals surface area contributed by atoms with Crippen LogP contribution >= 0.6 is 27.3 Å². The van der Waals surface area contributed by atoms with Crippen molar-refractivity contribution in [2.24, 2.45) is 0 Å². The lowest BCUT2D eigenvalue weighted by Crippen LogP contribution is -2.23. The van der Waals surface area contributed by atoms with Crippen LogP contribution < -0.4 is 14.8 Å². The summed E-state index contributed by atoms with van der Waals surface area (Å²) in [5, 5.41) is 15.2. The minimum absolute atomic E-state index is 0.0838. The number of thiazole rings is 1. The van der Waals surface area contributed by atoms with E-state index in [4.69, 9.17) is 4.74 Å². The van der Waals surface area contributed by atoms with E-state index in [0.29, 0.717) is 30.8 Å². The normalized spacial score (nSPS) is 11.7. The van der Waals surface area contributed by atoms with Gasteiger partial charge in [0.15, 0.2) is 5.82 Å². The van der Waals surface area contributed by atoms with E-state index in [2.05, 4.69) is 26.0 Å². The Kier molecular flexibility index (Phi) is 5.14. The van der Waals surface area contributed by atoms with E-state index in [1.807, 2.05) is 0 Å².